The minimum atomic E-state index is -0.462. The molecule has 0 atom stereocenters. The van der Waals surface area contributed by atoms with Gasteiger partial charge in [0.25, 0.3) is 0 Å². The van der Waals surface area contributed by atoms with Gasteiger partial charge in [-0.3, -0.25) is 4.79 Å². The molecule has 20 heavy (non-hydrogen) atoms. The van der Waals surface area contributed by atoms with Crippen molar-refractivity contribution < 1.29 is 15.0 Å². The number of phenolic OH excluding ortho intramolecular Hbond substituents is 2. The fourth-order valence-electron chi connectivity index (χ4n) is 2.11. The van der Waals surface area contributed by atoms with Gasteiger partial charge in [0.15, 0.2) is 0 Å². The van der Waals surface area contributed by atoms with Gasteiger partial charge in [-0.2, -0.15) is 0 Å². The number of carbonyl (C=O) groups excluding carboxylic acids is 1. The third kappa shape index (κ3) is 3.09. The zero-order valence-corrected chi connectivity index (χ0v) is 11.2. The van der Waals surface area contributed by atoms with Crippen molar-refractivity contribution in [2.24, 2.45) is 0 Å². The zero-order valence-electron chi connectivity index (χ0n) is 11.2. The van der Waals surface area contributed by atoms with Crippen molar-refractivity contribution in [1.29, 1.82) is 0 Å². The van der Waals surface area contributed by atoms with Gasteiger partial charge in [0.2, 0.25) is 5.91 Å². The van der Waals surface area contributed by atoms with Gasteiger partial charge in [-0.25, -0.2) is 0 Å². The molecule has 0 aliphatic carbocycles. The number of nitrogens with one attached hydrogen (secondary N) is 1. The van der Waals surface area contributed by atoms with Crippen LogP contribution in [-0.4, -0.2) is 22.7 Å². The van der Waals surface area contributed by atoms with Crippen LogP contribution in [0.25, 0.3) is 0 Å². The molecule has 0 radical (unpaired) electrons. The van der Waals surface area contributed by atoms with Crippen molar-refractivity contribution in [2.45, 2.75) is 12.8 Å². The van der Waals surface area contributed by atoms with Gasteiger partial charge in [-0.1, -0.05) is 24.3 Å². The van der Waals surface area contributed by atoms with Crippen molar-refractivity contribution >= 4 is 5.91 Å². The Morgan fingerprint density at radius 1 is 0.950 bits per heavy atom. The Labute approximate surface area is 117 Å². The Bertz CT molecular complexity index is 530. The van der Waals surface area contributed by atoms with Crippen LogP contribution in [0.5, 0.6) is 11.5 Å². The van der Waals surface area contributed by atoms with E-state index in [1.807, 2.05) is 6.92 Å². The molecule has 0 unspecified atom stereocenters. The number of hydrogen-bond acceptors (Lipinski definition) is 3. The van der Waals surface area contributed by atoms with E-state index < -0.39 is 5.92 Å². The summed E-state index contributed by atoms with van der Waals surface area (Å²) in [6.45, 7) is 2.41. The lowest BCUT2D eigenvalue weighted by Gasteiger charge is -2.17. The van der Waals surface area contributed by atoms with Crippen LogP contribution in [0.3, 0.4) is 0 Å². The molecule has 2 rings (SSSR count). The number of amides is 1. The second-order valence-corrected chi connectivity index (χ2v) is 4.51. The van der Waals surface area contributed by atoms with E-state index in [-0.39, 0.29) is 17.4 Å². The lowest BCUT2D eigenvalue weighted by Crippen LogP contribution is -2.29. The second kappa shape index (κ2) is 6.10. The van der Waals surface area contributed by atoms with Gasteiger partial charge in [0.1, 0.15) is 11.5 Å². The molecule has 0 saturated heterocycles. The van der Waals surface area contributed by atoms with Crippen LogP contribution in [-0.2, 0) is 4.79 Å². The van der Waals surface area contributed by atoms with Crippen molar-refractivity contribution in [3.63, 3.8) is 0 Å². The molecule has 104 valence electrons. The second-order valence-electron chi connectivity index (χ2n) is 4.51. The highest BCUT2D eigenvalue weighted by Gasteiger charge is 2.22. The summed E-state index contributed by atoms with van der Waals surface area (Å²) in [6.07, 6.45) is 0. The number of benzene rings is 2. The normalized spacial score (nSPS) is 10.5. The van der Waals surface area contributed by atoms with Crippen LogP contribution in [0.2, 0.25) is 0 Å². The molecule has 0 fully saturated rings. The summed E-state index contributed by atoms with van der Waals surface area (Å²) in [6, 6.07) is 13.1. The number of carbonyl (C=O) groups is 1. The predicted molar refractivity (Wildman–Crippen MR) is 76.7 cm³/mol. The molecule has 3 N–H and O–H groups in total. The van der Waals surface area contributed by atoms with Gasteiger partial charge in [0, 0.05) is 6.54 Å². The molecule has 0 spiro atoms. The smallest absolute Gasteiger partial charge is 0.231 e. The van der Waals surface area contributed by atoms with Gasteiger partial charge in [0.05, 0.1) is 5.92 Å². The summed E-state index contributed by atoms with van der Waals surface area (Å²) >= 11 is 0. The predicted octanol–water partition coefficient (Wildman–Crippen LogP) is 2.37. The Balaban J connectivity index is 2.41. The maximum Gasteiger partial charge on any atom is 0.231 e. The standard InChI is InChI=1S/C16H17NO3/c1-2-17-16(20)15(11-3-7-13(18)8-4-11)12-5-9-14(19)10-6-12/h3-10,15,18-19H,2H2,1H3,(H,17,20). The lowest BCUT2D eigenvalue weighted by atomic mass is 9.90. The molecule has 0 saturated carbocycles. The lowest BCUT2D eigenvalue weighted by molar-refractivity contribution is -0.121. The third-order valence-corrected chi connectivity index (χ3v) is 3.07. The Kier molecular flexibility index (Phi) is 4.25. The minimum Gasteiger partial charge on any atom is -0.508 e. The molecule has 0 bridgehead atoms. The van der Waals surface area contributed by atoms with E-state index in [0.29, 0.717) is 6.54 Å². The molecule has 0 aliphatic heterocycles. The molecule has 4 heteroatoms. The van der Waals surface area contributed by atoms with Gasteiger partial charge < -0.3 is 15.5 Å². The first kappa shape index (κ1) is 13.9. The number of rotatable bonds is 4. The summed E-state index contributed by atoms with van der Waals surface area (Å²) in [4.78, 5) is 12.3. The van der Waals surface area contributed by atoms with Gasteiger partial charge >= 0.3 is 0 Å². The highest BCUT2D eigenvalue weighted by Crippen LogP contribution is 2.27. The average molecular weight is 271 g/mol. The molecule has 4 nitrogen and oxygen atoms in total. The van der Waals surface area contributed by atoms with Crippen LogP contribution < -0.4 is 5.32 Å². The highest BCUT2D eigenvalue weighted by atomic mass is 16.3. The van der Waals surface area contributed by atoms with E-state index in [4.69, 9.17) is 0 Å². The summed E-state index contributed by atoms with van der Waals surface area (Å²) in [5, 5.41) is 21.5. The summed E-state index contributed by atoms with van der Waals surface area (Å²) < 4.78 is 0. The van der Waals surface area contributed by atoms with E-state index >= 15 is 0 Å². The molecule has 1 amide bonds. The Hall–Kier alpha value is -2.49. The molecule has 0 heterocycles. The van der Waals surface area contributed by atoms with Crippen LogP contribution in [0.4, 0.5) is 0 Å². The monoisotopic (exact) mass is 271 g/mol. The van der Waals surface area contributed by atoms with E-state index in [2.05, 4.69) is 5.32 Å². The van der Waals surface area contributed by atoms with Crippen molar-refractivity contribution in [2.75, 3.05) is 6.54 Å². The molecule has 2 aromatic carbocycles. The summed E-state index contributed by atoms with van der Waals surface area (Å²) in [5.41, 5.74) is 1.58. The van der Waals surface area contributed by atoms with Crippen molar-refractivity contribution in [3.05, 3.63) is 59.7 Å². The van der Waals surface area contributed by atoms with Crippen LogP contribution >= 0.6 is 0 Å². The molecular formula is C16H17NO3. The minimum absolute atomic E-state index is 0.108. The fraction of sp³-hybridized carbons (Fsp3) is 0.188. The summed E-state index contributed by atoms with van der Waals surface area (Å²) in [5.74, 6) is -0.247. The topological polar surface area (TPSA) is 69.6 Å². The fourth-order valence-corrected chi connectivity index (χ4v) is 2.11. The van der Waals surface area contributed by atoms with E-state index in [9.17, 15) is 15.0 Å². The SMILES string of the molecule is CCNC(=O)C(c1ccc(O)cc1)c1ccc(O)cc1. The first-order chi connectivity index (χ1) is 9.61. The van der Waals surface area contributed by atoms with Crippen molar-refractivity contribution in [1.82, 2.24) is 5.32 Å². The maximum absolute atomic E-state index is 12.3. The van der Waals surface area contributed by atoms with Gasteiger partial charge in [-0.05, 0) is 42.3 Å². The number of phenols is 2. The number of hydrogen-bond donors (Lipinski definition) is 3. The van der Waals surface area contributed by atoms with Crippen LogP contribution in [0.15, 0.2) is 48.5 Å². The third-order valence-electron chi connectivity index (χ3n) is 3.07. The average Bonchev–Trinajstić information content (AvgIpc) is 2.44. The van der Waals surface area contributed by atoms with E-state index in [0.717, 1.165) is 11.1 Å². The Morgan fingerprint density at radius 2 is 1.35 bits per heavy atom. The molecular weight excluding hydrogens is 254 g/mol. The quantitative estimate of drug-likeness (QED) is 0.799. The first-order valence-electron chi connectivity index (χ1n) is 6.47. The largest absolute Gasteiger partial charge is 0.508 e. The van der Waals surface area contributed by atoms with Crippen molar-refractivity contribution in [3.8, 4) is 11.5 Å². The van der Waals surface area contributed by atoms with E-state index in [1.165, 1.54) is 0 Å². The van der Waals surface area contributed by atoms with Gasteiger partial charge in [-0.15, -0.1) is 0 Å². The van der Waals surface area contributed by atoms with Crippen LogP contribution in [0.1, 0.15) is 24.0 Å². The van der Waals surface area contributed by atoms with E-state index in [1.54, 1.807) is 48.5 Å². The zero-order chi connectivity index (χ0) is 14.5. The van der Waals surface area contributed by atoms with Crippen LogP contribution in [0, 0.1) is 0 Å². The number of likely N-dealkylation sites (N-methyl/N-ethyl adjacent to an activating group) is 1. The number of aromatic hydroxyl groups is 2. The summed E-state index contributed by atoms with van der Waals surface area (Å²) in [7, 11) is 0. The molecule has 2 aromatic rings. The molecule has 0 aromatic heterocycles. The Morgan fingerprint density at radius 3 is 1.70 bits per heavy atom. The highest BCUT2D eigenvalue weighted by molar-refractivity contribution is 5.87. The first-order valence-corrected chi connectivity index (χ1v) is 6.47. The maximum atomic E-state index is 12.3. The molecule has 0 aliphatic rings.